The van der Waals surface area contributed by atoms with Gasteiger partial charge in [0.2, 0.25) is 10.0 Å². The number of nitrogens with zero attached hydrogens (tertiary/aromatic N) is 1. The van der Waals surface area contributed by atoms with Gasteiger partial charge >= 0.3 is 0 Å². The van der Waals surface area contributed by atoms with Crippen molar-refractivity contribution in [2.75, 3.05) is 7.05 Å². The summed E-state index contributed by atoms with van der Waals surface area (Å²) in [6.45, 7) is 5.41. The summed E-state index contributed by atoms with van der Waals surface area (Å²) in [5.74, 6) is 0.273. The Labute approximate surface area is 165 Å². The van der Waals surface area contributed by atoms with E-state index in [9.17, 15) is 13.2 Å². The van der Waals surface area contributed by atoms with Gasteiger partial charge in [0, 0.05) is 24.0 Å². The fraction of sp³-hybridized carbons (Fsp3) is 0.286. The molecule has 6 nitrogen and oxygen atoms in total. The first-order chi connectivity index (χ1) is 13.2. The summed E-state index contributed by atoms with van der Waals surface area (Å²) in [4.78, 5) is 12.8. The van der Waals surface area contributed by atoms with E-state index in [0.717, 1.165) is 11.0 Å². The average Bonchev–Trinajstić information content (AvgIpc) is 3.11. The minimum atomic E-state index is -3.66. The summed E-state index contributed by atoms with van der Waals surface area (Å²) >= 11 is 0. The lowest BCUT2D eigenvalue weighted by Crippen LogP contribution is -2.33. The Kier molecular flexibility index (Phi) is 5.58. The molecule has 0 radical (unpaired) electrons. The largest absolute Gasteiger partial charge is 0.459 e. The first-order valence-corrected chi connectivity index (χ1v) is 10.5. The number of para-hydroxylation sites is 1. The van der Waals surface area contributed by atoms with Crippen LogP contribution in [0.25, 0.3) is 11.0 Å². The summed E-state index contributed by atoms with van der Waals surface area (Å²) in [7, 11) is -2.13. The third-order valence-electron chi connectivity index (χ3n) is 4.72. The van der Waals surface area contributed by atoms with E-state index >= 15 is 0 Å². The van der Waals surface area contributed by atoms with E-state index in [0.29, 0.717) is 5.76 Å². The van der Waals surface area contributed by atoms with Crippen molar-refractivity contribution in [3.63, 3.8) is 0 Å². The Balaban J connectivity index is 1.81. The van der Waals surface area contributed by atoms with Crippen LogP contribution < -0.4 is 5.32 Å². The molecule has 148 valence electrons. The molecule has 0 saturated carbocycles. The van der Waals surface area contributed by atoms with Gasteiger partial charge in [0.15, 0.2) is 0 Å². The lowest BCUT2D eigenvalue weighted by Gasteiger charge is -2.21. The molecule has 28 heavy (non-hydrogen) atoms. The molecule has 0 aliphatic heterocycles. The average molecular weight is 401 g/mol. The molecule has 1 aromatic heterocycles. The maximum Gasteiger partial charge on any atom is 0.251 e. The van der Waals surface area contributed by atoms with E-state index < -0.39 is 10.0 Å². The zero-order valence-electron chi connectivity index (χ0n) is 16.3. The van der Waals surface area contributed by atoms with Gasteiger partial charge in [-0.05, 0) is 51.1 Å². The van der Waals surface area contributed by atoms with E-state index in [1.54, 1.807) is 26.0 Å². The van der Waals surface area contributed by atoms with Crippen molar-refractivity contribution in [3.8, 4) is 0 Å². The molecule has 0 spiro atoms. The fourth-order valence-electron chi connectivity index (χ4n) is 2.81. The smallest absolute Gasteiger partial charge is 0.251 e. The molecule has 1 N–H and O–H groups in total. The molecule has 3 aromatic rings. The maximum atomic E-state index is 12.7. The summed E-state index contributed by atoms with van der Waals surface area (Å²) < 4.78 is 32.4. The number of carbonyl (C=O) groups is 1. The van der Waals surface area contributed by atoms with Crippen molar-refractivity contribution in [2.24, 2.45) is 0 Å². The maximum absolute atomic E-state index is 12.7. The monoisotopic (exact) mass is 400 g/mol. The number of amides is 1. The second-order valence-electron chi connectivity index (χ2n) is 7.02. The Morgan fingerprint density at radius 2 is 1.75 bits per heavy atom. The third kappa shape index (κ3) is 3.95. The van der Waals surface area contributed by atoms with Gasteiger partial charge < -0.3 is 9.73 Å². The van der Waals surface area contributed by atoms with Crippen molar-refractivity contribution in [3.05, 3.63) is 65.9 Å². The van der Waals surface area contributed by atoms with E-state index in [2.05, 4.69) is 5.32 Å². The van der Waals surface area contributed by atoms with Gasteiger partial charge in [-0.1, -0.05) is 24.3 Å². The number of nitrogens with one attached hydrogen (secondary N) is 1. The molecule has 0 aliphatic carbocycles. The highest BCUT2D eigenvalue weighted by atomic mass is 32.2. The van der Waals surface area contributed by atoms with Gasteiger partial charge in [-0.15, -0.1) is 0 Å². The minimum absolute atomic E-state index is 0.0905. The van der Waals surface area contributed by atoms with Gasteiger partial charge in [-0.25, -0.2) is 8.42 Å². The zero-order valence-corrected chi connectivity index (χ0v) is 17.2. The molecule has 1 atom stereocenters. The van der Waals surface area contributed by atoms with Crippen molar-refractivity contribution in [2.45, 2.75) is 37.8 Å². The molecular formula is C21H24N2O4S. The van der Waals surface area contributed by atoms with Crippen LogP contribution in [0.3, 0.4) is 0 Å². The predicted molar refractivity (Wildman–Crippen MR) is 109 cm³/mol. The molecular weight excluding hydrogens is 376 g/mol. The van der Waals surface area contributed by atoms with Gasteiger partial charge in [-0.3, -0.25) is 4.79 Å². The quantitative estimate of drug-likeness (QED) is 0.679. The minimum Gasteiger partial charge on any atom is -0.459 e. The van der Waals surface area contributed by atoms with Crippen LogP contribution in [0.15, 0.2) is 63.9 Å². The summed E-state index contributed by atoms with van der Waals surface area (Å²) in [5, 5.41) is 3.82. The van der Waals surface area contributed by atoms with Gasteiger partial charge in [-0.2, -0.15) is 4.31 Å². The fourth-order valence-corrected chi connectivity index (χ4v) is 4.22. The Bertz CT molecular complexity index is 1070. The molecule has 7 heteroatoms. The summed E-state index contributed by atoms with van der Waals surface area (Å²) in [6.07, 6.45) is 0. The van der Waals surface area contributed by atoms with Crippen LogP contribution in [0.1, 0.15) is 42.9 Å². The lowest BCUT2D eigenvalue weighted by atomic mass is 10.1. The van der Waals surface area contributed by atoms with Crippen LogP contribution in [0.5, 0.6) is 0 Å². The van der Waals surface area contributed by atoms with Crippen molar-refractivity contribution < 1.29 is 17.6 Å². The van der Waals surface area contributed by atoms with Crippen LogP contribution in [0.2, 0.25) is 0 Å². The molecule has 2 aromatic carbocycles. The second-order valence-corrected chi connectivity index (χ2v) is 9.02. The van der Waals surface area contributed by atoms with Crippen LogP contribution in [0, 0.1) is 0 Å². The van der Waals surface area contributed by atoms with Gasteiger partial charge in [0.05, 0.1) is 10.9 Å². The molecule has 3 rings (SSSR count). The number of rotatable bonds is 6. The van der Waals surface area contributed by atoms with Crippen molar-refractivity contribution in [1.82, 2.24) is 9.62 Å². The number of hydrogen-bond donors (Lipinski definition) is 1. The van der Waals surface area contributed by atoms with E-state index in [4.69, 9.17) is 4.42 Å². The normalized spacial score (nSPS) is 13.2. The van der Waals surface area contributed by atoms with Crippen LogP contribution in [0.4, 0.5) is 0 Å². The topological polar surface area (TPSA) is 79.6 Å². The molecule has 0 saturated heterocycles. The second kappa shape index (κ2) is 7.77. The van der Waals surface area contributed by atoms with E-state index in [1.807, 2.05) is 37.3 Å². The lowest BCUT2D eigenvalue weighted by molar-refractivity contribution is 0.0935. The van der Waals surface area contributed by atoms with Gasteiger partial charge in [0.1, 0.15) is 11.3 Å². The molecule has 1 unspecified atom stereocenters. The number of sulfonamides is 1. The molecule has 0 aliphatic rings. The summed E-state index contributed by atoms with van der Waals surface area (Å²) in [6, 6.07) is 15.0. The number of hydrogen-bond acceptors (Lipinski definition) is 4. The Hall–Kier alpha value is -2.64. The SMILES string of the molecule is CC(NC(=O)c1cccc(S(=O)(=O)N(C)C(C)C)c1)c1cc2ccccc2o1. The highest BCUT2D eigenvalue weighted by Gasteiger charge is 2.24. The molecule has 1 heterocycles. The highest BCUT2D eigenvalue weighted by Crippen LogP contribution is 2.24. The van der Waals surface area contributed by atoms with Crippen LogP contribution >= 0.6 is 0 Å². The van der Waals surface area contributed by atoms with E-state index in [1.165, 1.54) is 23.5 Å². The molecule has 0 fully saturated rings. The number of fused-ring (bicyclic) bond motifs is 1. The predicted octanol–water partition coefficient (Wildman–Crippen LogP) is 3.95. The molecule has 0 bridgehead atoms. The van der Waals surface area contributed by atoms with Crippen LogP contribution in [-0.4, -0.2) is 31.7 Å². The highest BCUT2D eigenvalue weighted by molar-refractivity contribution is 7.89. The Morgan fingerprint density at radius 3 is 2.43 bits per heavy atom. The molecule has 1 amide bonds. The van der Waals surface area contributed by atoms with Crippen molar-refractivity contribution in [1.29, 1.82) is 0 Å². The van der Waals surface area contributed by atoms with Gasteiger partial charge in [0.25, 0.3) is 5.91 Å². The standard InChI is InChI=1S/C21H24N2O4S/c1-14(2)23(4)28(25,26)18-10-7-9-17(12-18)21(24)22-15(3)20-13-16-8-5-6-11-19(16)27-20/h5-15H,1-4H3,(H,22,24). The van der Waals surface area contributed by atoms with Crippen molar-refractivity contribution >= 4 is 26.9 Å². The zero-order chi connectivity index (χ0) is 20.5. The number of furan rings is 1. The number of carbonyl (C=O) groups excluding carboxylic acids is 1. The third-order valence-corrected chi connectivity index (χ3v) is 6.75. The summed E-state index contributed by atoms with van der Waals surface area (Å²) in [5.41, 5.74) is 1.03. The van der Waals surface area contributed by atoms with E-state index in [-0.39, 0.29) is 28.4 Å². The first-order valence-electron chi connectivity index (χ1n) is 9.07. The Morgan fingerprint density at radius 1 is 1.04 bits per heavy atom. The first kappa shape index (κ1) is 20.1. The van der Waals surface area contributed by atoms with Crippen LogP contribution in [-0.2, 0) is 10.0 Å². The number of benzene rings is 2.